The Bertz CT molecular complexity index is 1150. The summed E-state index contributed by atoms with van der Waals surface area (Å²) in [4.78, 5) is 36.8. The van der Waals surface area contributed by atoms with Gasteiger partial charge < -0.3 is 0 Å². The number of nitro groups is 1. The minimum atomic E-state index is -0.524. The molecule has 0 unspecified atom stereocenters. The van der Waals surface area contributed by atoms with E-state index < -0.39 is 10.8 Å². The molecule has 2 amide bonds. The Labute approximate surface area is 159 Å². The molecule has 3 aromatic rings. The Morgan fingerprint density at radius 1 is 1.11 bits per heavy atom. The number of amides is 2. The van der Waals surface area contributed by atoms with Gasteiger partial charge in [-0.25, -0.2) is 5.43 Å². The zero-order valence-corrected chi connectivity index (χ0v) is 14.5. The summed E-state index contributed by atoms with van der Waals surface area (Å²) in [5.41, 5.74) is 3.71. The molecule has 1 heterocycles. The molecule has 0 fully saturated rings. The molecule has 1 aliphatic heterocycles. The molecule has 1 aliphatic rings. The minimum Gasteiger partial charge on any atom is -0.298 e. The molecular formula is C20H14N4O4. The zero-order valence-electron chi connectivity index (χ0n) is 14.5. The van der Waals surface area contributed by atoms with E-state index in [1.165, 1.54) is 23.2 Å². The van der Waals surface area contributed by atoms with Gasteiger partial charge in [0.25, 0.3) is 17.5 Å². The van der Waals surface area contributed by atoms with Crippen LogP contribution in [0.25, 0.3) is 10.8 Å². The molecule has 0 atom stereocenters. The summed E-state index contributed by atoms with van der Waals surface area (Å²) in [6.45, 7) is -0.207. The van der Waals surface area contributed by atoms with Gasteiger partial charge in [0.1, 0.15) is 6.54 Å². The van der Waals surface area contributed by atoms with Crippen LogP contribution >= 0.6 is 0 Å². The molecule has 3 aromatic carbocycles. The molecular weight excluding hydrogens is 360 g/mol. The van der Waals surface area contributed by atoms with Gasteiger partial charge in [-0.3, -0.25) is 24.6 Å². The molecule has 0 saturated heterocycles. The van der Waals surface area contributed by atoms with E-state index in [-0.39, 0.29) is 23.7 Å². The third-order valence-electron chi connectivity index (χ3n) is 4.48. The zero-order chi connectivity index (χ0) is 19.7. The first-order valence-corrected chi connectivity index (χ1v) is 8.45. The van der Waals surface area contributed by atoms with Gasteiger partial charge in [0.05, 0.1) is 22.4 Å². The predicted molar refractivity (Wildman–Crippen MR) is 104 cm³/mol. The van der Waals surface area contributed by atoms with Gasteiger partial charge in [-0.2, -0.15) is 5.10 Å². The van der Waals surface area contributed by atoms with Crippen LogP contribution in [0.5, 0.6) is 0 Å². The standard InChI is InChI=1S/C20H14N4O4/c25-18(22-21-11-14-5-1-2-9-16(14)24(27)28)12-23-17-10-4-7-13-6-3-8-15(19(13)17)20(23)26/h1-11H,12H2,(H,22,25)/b21-11+. The molecule has 0 saturated carbocycles. The lowest BCUT2D eigenvalue weighted by molar-refractivity contribution is -0.385. The van der Waals surface area contributed by atoms with Crippen LogP contribution in [0.2, 0.25) is 0 Å². The van der Waals surface area contributed by atoms with E-state index in [0.29, 0.717) is 11.3 Å². The van der Waals surface area contributed by atoms with Crippen molar-refractivity contribution in [2.24, 2.45) is 5.10 Å². The lowest BCUT2D eigenvalue weighted by Gasteiger charge is -2.16. The molecule has 138 valence electrons. The van der Waals surface area contributed by atoms with Crippen LogP contribution in [0.15, 0.2) is 65.8 Å². The second-order valence-corrected chi connectivity index (χ2v) is 6.18. The monoisotopic (exact) mass is 374 g/mol. The number of anilines is 1. The summed E-state index contributed by atoms with van der Waals surface area (Å²) >= 11 is 0. The average molecular weight is 374 g/mol. The third kappa shape index (κ3) is 2.96. The predicted octanol–water partition coefficient (Wildman–Crippen LogP) is 2.86. The fraction of sp³-hybridized carbons (Fsp3) is 0.0500. The smallest absolute Gasteiger partial charge is 0.278 e. The van der Waals surface area contributed by atoms with Gasteiger partial charge in [-0.15, -0.1) is 0 Å². The van der Waals surface area contributed by atoms with Crippen molar-refractivity contribution in [2.75, 3.05) is 11.4 Å². The van der Waals surface area contributed by atoms with Crippen LogP contribution in [-0.4, -0.2) is 29.5 Å². The number of para-hydroxylation sites is 1. The van der Waals surface area contributed by atoms with Crippen molar-refractivity contribution < 1.29 is 14.5 Å². The van der Waals surface area contributed by atoms with E-state index in [1.807, 2.05) is 18.2 Å². The number of hydrazone groups is 1. The largest absolute Gasteiger partial charge is 0.298 e. The van der Waals surface area contributed by atoms with Crippen LogP contribution in [0, 0.1) is 10.1 Å². The number of carbonyl (C=O) groups excluding carboxylic acids is 2. The summed E-state index contributed by atoms with van der Waals surface area (Å²) in [6, 6.07) is 17.0. The summed E-state index contributed by atoms with van der Waals surface area (Å²) in [5, 5.41) is 16.5. The molecule has 4 rings (SSSR count). The summed E-state index contributed by atoms with van der Waals surface area (Å²) in [7, 11) is 0. The summed E-state index contributed by atoms with van der Waals surface area (Å²) in [6.07, 6.45) is 1.21. The second kappa shape index (κ2) is 6.92. The normalized spacial score (nSPS) is 12.7. The topological polar surface area (TPSA) is 105 Å². The highest BCUT2D eigenvalue weighted by Crippen LogP contribution is 2.36. The van der Waals surface area contributed by atoms with E-state index in [4.69, 9.17) is 0 Å². The van der Waals surface area contributed by atoms with Crippen LogP contribution in [0.1, 0.15) is 15.9 Å². The van der Waals surface area contributed by atoms with Gasteiger partial charge in [0, 0.05) is 17.0 Å². The molecule has 0 spiro atoms. The second-order valence-electron chi connectivity index (χ2n) is 6.18. The number of rotatable bonds is 5. The highest BCUT2D eigenvalue weighted by molar-refractivity contribution is 6.26. The van der Waals surface area contributed by atoms with Crippen molar-refractivity contribution in [3.63, 3.8) is 0 Å². The molecule has 1 N–H and O–H groups in total. The highest BCUT2D eigenvalue weighted by Gasteiger charge is 2.30. The van der Waals surface area contributed by atoms with Gasteiger partial charge in [-0.1, -0.05) is 36.4 Å². The molecule has 0 bridgehead atoms. The maximum atomic E-state index is 12.7. The lowest BCUT2D eigenvalue weighted by atomic mass is 10.1. The van der Waals surface area contributed by atoms with Crippen molar-refractivity contribution in [1.82, 2.24) is 5.43 Å². The number of nitro benzene ring substituents is 1. The number of nitrogens with zero attached hydrogens (tertiary/aromatic N) is 3. The maximum Gasteiger partial charge on any atom is 0.278 e. The summed E-state index contributed by atoms with van der Waals surface area (Å²) < 4.78 is 0. The van der Waals surface area contributed by atoms with Crippen LogP contribution in [0.4, 0.5) is 11.4 Å². The van der Waals surface area contributed by atoms with E-state index in [0.717, 1.165) is 10.8 Å². The Hall–Kier alpha value is -4.07. The fourth-order valence-corrected chi connectivity index (χ4v) is 3.25. The number of carbonyl (C=O) groups is 2. The van der Waals surface area contributed by atoms with Crippen molar-refractivity contribution in [2.45, 2.75) is 0 Å². The lowest BCUT2D eigenvalue weighted by Crippen LogP contribution is -2.37. The molecule has 28 heavy (non-hydrogen) atoms. The fourth-order valence-electron chi connectivity index (χ4n) is 3.25. The van der Waals surface area contributed by atoms with E-state index in [2.05, 4.69) is 10.5 Å². The van der Waals surface area contributed by atoms with Crippen molar-refractivity contribution >= 4 is 40.2 Å². The molecule has 0 aromatic heterocycles. The van der Waals surface area contributed by atoms with E-state index >= 15 is 0 Å². The number of hydrogen-bond acceptors (Lipinski definition) is 5. The van der Waals surface area contributed by atoms with Crippen LogP contribution in [0.3, 0.4) is 0 Å². The molecule has 8 nitrogen and oxygen atoms in total. The maximum absolute atomic E-state index is 12.7. The van der Waals surface area contributed by atoms with E-state index in [1.54, 1.807) is 30.3 Å². The Morgan fingerprint density at radius 2 is 1.86 bits per heavy atom. The van der Waals surface area contributed by atoms with Gasteiger partial charge in [0.2, 0.25) is 0 Å². The minimum absolute atomic E-state index is 0.114. The van der Waals surface area contributed by atoms with Crippen LogP contribution < -0.4 is 10.3 Å². The van der Waals surface area contributed by atoms with Crippen molar-refractivity contribution in [3.8, 4) is 0 Å². The molecule has 0 radical (unpaired) electrons. The van der Waals surface area contributed by atoms with Crippen molar-refractivity contribution in [1.29, 1.82) is 0 Å². The summed E-state index contributed by atoms with van der Waals surface area (Å²) in [5.74, 6) is -0.752. The quantitative estimate of drug-likeness (QED) is 0.421. The molecule has 0 aliphatic carbocycles. The van der Waals surface area contributed by atoms with Crippen LogP contribution in [-0.2, 0) is 4.79 Å². The Kier molecular flexibility index (Phi) is 4.29. The number of hydrogen-bond donors (Lipinski definition) is 1. The van der Waals surface area contributed by atoms with Gasteiger partial charge in [0.15, 0.2) is 0 Å². The first-order chi connectivity index (χ1) is 13.6. The SMILES string of the molecule is O=C(CN1C(=O)c2cccc3cccc1c23)N/N=C/c1ccccc1[N+](=O)[O-]. The van der Waals surface area contributed by atoms with Crippen molar-refractivity contribution in [3.05, 3.63) is 81.9 Å². The Morgan fingerprint density at radius 3 is 2.64 bits per heavy atom. The highest BCUT2D eigenvalue weighted by atomic mass is 16.6. The number of nitrogens with one attached hydrogen (secondary N) is 1. The van der Waals surface area contributed by atoms with E-state index in [9.17, 15) is 19.7 Å². The first kappa shape index (κ1) is 17.3. The molecule has 8 heteroatoms. The van der Waals surface area contributed by atoms with Gasteiger partial charge >= 0.3 is 0 Å². The number of benzene rings is 3. The average Bonchev–Trinajstić information content (AvgIpc) is 2.96. The van der Waals surface area contributed by atoms with Gasteiger partial charge in [-0.05, 0) is 23.6 Å². The first-order valence-electron chi connectivity index (χ1n) is 8.45. The Balaban J connectivity index is 1.49. The third-order valence-corrected chi connectivity index (χ3v) is 4.48.